The summed E-state index contributed by atoms with van der Waals surface area (Å²) in [5.41, 5.74) is 3.70. The second-order valence-corrected chi connectivity index (χ2v) is 8.19. The molecule has 5 heteroatoms. The number of aryl methyl sites for hydroxylation is 2. The Balaban J connectivity index is 1.53. The van der Waals surface area contributed by atoms with Gasteiger partial charge in [0.05, 0.1) is 6.61 Å². The first-order chi connectivity index (χ1) is 15.0. The summed E-state index contributed by atoms with van der Waals surface area (Å²) in [6.07, 6.45) is 1.57. The van der Waals surface area contributed by atoms with Gasteiger partial charge in [-0.1, -0.05) is 48.0 Å². The number of carbonyl (C=O) groups is 1. The number of ether oxygens (including phenoxy) is 1. The molecule has 0 atom stereocenters. The molecule has 1 amide bonds. The number of rotatable bonds is 8. The summed E-state index contributed by atoms with van der Waals surface area (Å²) in [6.45, 7) is 4.58. The quantitative estimate of drug-likeness (QED) is 0.206. The van der Waals surface area contributed by atoms with Crippen LogP contribution in [0.25, 0.3) is 6.08 Å². The van der Waals surface area contributed by atoms with E-state index < -0.39 is 5.91 Å². The molecule has 0 aliphatic heterocycles. The van der Waals surface area contributed by atoms with Gasteiger partial charge in [-0.2, -0.15) is 5.26 Å². The SMILES string of the molecule is Cc1ccc(SCCOc2ccc(C=C(C#N)C(=O)Nc3ccccc3C)cc2)cc1. The number of thioether (sulfide) groups is 1. The highest BCUT2D eigenvalue weighted by molar-refractivity contribution is 7.99. The largest absolute Gasteiger partial charge is 0.493 e. The van der Waals surface area contributed by atoms with Gasteiger partial charge in [-0.25, -0.2) is 0 Å². The number of anilines is 1. The second kappa shape index (κ2) is 11.1. The van der Waals surface area contributed by atoms with Gasteiger partial charge in [-0.15, -0.1) is 11.8 Å². The van der Waals surface area contributed by atoms with Crippen LogP contribution in [-0.4, -0.2) is 18.3 Å². The average Bonchev–Trinajstić information content (AvgIpc) is 2.78. The maximum absolute atomic E-state index is 12.4. The molecule has 3 aromatic rings. The number of nitrogens with one attached hydrogen (secondary N) is 1. The van der Waals surface area contributed by atoms with Crippen molar-refractivity contribution in [2.45, 2.75) is 18.7 Å². The van der Waals surface area contributed by atoms with E-state index in [1.807, 2.05) is 61.5 Å². The smallest absolute Gasteiger partial charge is 0.266 e. The normalized spacial score (nSPS) is 10.9. The number of nitriles is 1. The molecular formula is C26H24N2O2S. The third-order valence-electron chi connectivity index (χ3n) is 4.59. The van der Waals surface area contributed by atoms with Crippen molar-refractivity contribution in [1.29, 1.82) is 5.26 Å². The van der Waals surface area contributed by atoms with Crippen molar-refractivity contribution in [2.24, 2.45) is 0 Å². The van der Waals surface area contributed by atoms with Gasteiger partial charge in [0, 0.05) is 16.3 Å². The molecule has 0 fully saturated rings. The van der Waals surface area contributed by atoms with Gasteiger partial charge in [0.25, 0.3) is 5.91 Å². The third-order valence-corrected chi connectivity index (χ3v) is 5.57. The molecule has 3 rings (SSSR count). The Morgan fingerprint density at radius 3 is 2.42 bits per heavy atom. The van der Waals surface area contributed by atoms with Crippen LogP contribution in [0.1, 0.15) is 16.7 Å². The number of nitrogens with zero attached hydrogens (tertiary/aromatic N) is 1. The summed E-state index contributed by atoms with van der Waals surface area (Å²) in [5.74, 6) is 1.18. The standard InChI is InChI=1S/C26H24N2O2S/c1-19-7-13-24(14-8-19)31-16-15-30-23-11-9-21(10-12-23)17-22(18-27)26(29)28-25-6-4-3-5-20(25)2/h3-14,17H,15-16H2,1-2H3,(H,28,29). The van der Waals surface area contributed by atoms with E-state index in [2.05, 4.69) is 36.5 Å². The zero-order valence-corrected chi connectivity index (χ0v) is 18.4. The number of carbonyl (C=O) groups excluding carboxylic acids is 1. The van der Waals surface area contributed by atoms with E-state index >= 15 is 0 Å². The molecule has 0 bridgehead atoms. The maximum atomic E-state index is 12.4. The molecule has 0 radical (unpaired) electrons. The minimum absolute atomic E-state index is 0.0476. The van der Waals surface area contributed by atoms with Crippen LogP contribution < -0.4 is 10.1 Å². The first-order valence-electron chi connectivity index (χ1n) is 9.96. The Morgan fingerprint density at radius 1 is 1.03 bits per heavy atom. The molecule has 0 saturated heterocycles. The van der Waals surface area contributed by atoms with E-state index in [9.17, 15) is 10.1 Å². The Labute approximate surface area is 187 Å². The third kappa shape index (κ3) is 6.77. The van der Waals surface area contributed by atoms with E-state index in [0.717, 1.165) is 22.6 Å². The number of para-hydroxylation sites is 1. The van der Waals surface area contributed by atoms with E-state index in [1.165, 1.54) is 10.5 Å². The summed E-state index contributed by atoms with van der Waals surface area (Å²) in [6, 6.07) is 25.2. The molecule has 0 aliphatic rings. The summed E-state index contributed by atoms with van der Waals surface area (Å²) < 4.78 is 5.79. The average molecular weight is 429 g/mol. The zero-order valence-electron chi connectivity index (χ0n) is 17.6. The van der Waals surface area contributed by atoms with E-state index in [0.29, 0.717) is 12.3 Å². The van der Waals surface area contributed by atoms with Gasteiger partial charge >= 0.3 is 0 Å². The molecule has 1 N–H and O–H groups in total. The predicted octanol–water partition coefficient (Wildman–Crippen LogP) is 6.02. The minimum atomic E-state index is -0.426. The lowest BCUT2D eigenvalue weighted by molar-refractivity contribution is -0.112. The molecule has 0 heterocycles. The lowest BCUT2D eigenvalue weighted by Crippen LogP contribution is -2.14. The number of hydrogen-bond donors (Lipinski definition) is 1. The van der Waals surface area contributed by atoms with E-state index in [-0.39, 0.29) is 5.57 Å². The maximum Gasteiger partial charge on any atom is 0.266 e. The Morgan fingerprint density at radius 2 is 1.74 bits per heavy atom. The van der Waals surface area contributed by atoms with Crippen LogP contribution in [0.15, 0.2) is 83.3 Å². The fourth-order valence-corrected chi connectivity index (χ4v) is 3.56. The molecule has 0 aromatic heterocycles. The van der Waals surface area contributed by atoms with Crippen LogP contribution in [0.3, 0.4) is 0 Å². The molecule has 4 nitrogen and oxygen atoms in total. The van der Waals surface area contributed by atoms with Crippen molar-refractivity contribution in [2.75, 3.05) is 17.7 Å². The number of amides is 1. The van der Waals surface area contributed by atoms with Crippen molar-refractivity contribution in [1.82, 2.24) is 0 Å². The molecule has 156 valence electrons. The molecule has 0 aliphatic carbocycles. The van der Waals surface area contributed by atoms with Crippen molar-refractivity contribution in [3.63, 3.8) is 0 Å². The van der Waals surface area contributed by atoms with Crippen molar-refractivity contribution in [3.05, 3.63) is 95.1 Å². The van der Waals surface area contributed by atoms with E-state index in [4.69, 9.17) is 4.74 Å². The monoisotopic (exact) mass is 428 g/mol. The van der Waals surface area contributed by atoms with Crippen LogP contribution in [0, 0.1) is 25.2 Å². The summed E-state index contributed by atoms with van der Waals surface area (Å²) in [5, 5.41) is 12.2. The highest BCUT2D eigenvalue weighted by atomic mass is 32.2. The van der Waals surface area contributed by atoms with Gasteiger partial charge in [-0.3, -0.25) is 4.79 Å². The van der Waals surface area contributed by atoms with Gasteiger partial charge in [0.2, 0.25) is 0 Å². The Kier molecular flexibility index (Phi) is 7.91. The molecular weight excluding hydrogens is 404 g/mol. The molecule has 0 saturated carbocycles. The van der Waals surface area contributed by atoms with Crippen molar-refractivity contribution in [3.8, 4) is 11.8 Å². The highest BCUT2D eigenvalue weighted by Crippen LogP contribution is 2.20. The highest BCUT2D eigenvalue weighted by Gasteiger charge is 2.10. The minimum Gasteiger partial charge on any atom is -0.493 e. The zero-order chi connectivity index (χ0) is 22.1. The second-order valence-electron chi connectivity index (χ2n) is 7.02. The van der Waals surface area contributed by atoms with Crippen LogP contribution in [-0.2, 0) is 4.79 Å². The van der Waals surface area contributed by atoms with Crippen LogP contribution in [0.4, 0.5) is 5.69 Å². The first-order valence-corrected chi connectivity index (χ1v) is 10.9. The van der Waals surface area contributed by atoms with Crippen molar-refractivity contribution >= 4 is 29.4 Å². The first kappa shape index (κ1) is 22.2. The molecule has 3 aromatic carbocycles. The number of hydrogen-bond acceptors (Lipinski definition) is 4. The summed E-state index contributed by atoms with van der Waals surface area (Å²) in [4.78, 5) is 13.7. The molecule has 31 heavy (non-hydrogen) atoms. The summed E-state index contributed by atoms with van der Waals surface area (Å²) in [7, 11) is 0. The predicted molar refractivity (Wildman–Crippen MR) is 127 cm³/mol. The fourth-order valence-electron chi connectivity index (χ4n) is 2.83. The van der Waals surface area contributed by atoms with Gasteiger partial charge in [0.15, 0.2) is 0 Å². The van der Waals surface area contributed by atoms with Gasteiger partial charge in [0.1, 0.15) is 17.4 Å². The van der Waals surface area contributed by atoms with Crippen molar-refractivity contribution < 1.29 is 9.53 Å². The Bertz CT molecular complexity index is 1100. The van der Waals surface area contributed by atoms with Crippen LogP contribution in [0.2, 0.25) is 0 Å². The van der Waals surface area contributed by atoms with Gasteiger partial charge in [-0.05, 0) is 61.4 Å². The van der Waals surface area contributed by atoms with Gasteiger partial charge < -0.3 is 10.1 Å². The van der Waals surface area contributed by atoms with Crippen LogP contribution in [0.5, 0.6) is 5.75 Å². The molecule has 0 spiro atoms. The lowest BCUT2D eigenvalue weighted by Gasteiger charge is -2.08. The number of benzene rings is 3. The fraction of sp³-hybridized carbons (Fsp3) is 0.154. The Hall–Kier alpha value is -3.49. The van der Waals surface area contributed by atoms with E-state index in [1.54, 1.807) is 17.8 Å². The topological polar surface area (TPSA) is 62.1 Å². The molecule has 0 unspecified atom stereocenters. The lowest BCUT2D eigenvalue weighted by atomic mass is 10.1. The van der Waals surface area contributed by atoms with Crippen LogP contribution >= 0.6 is 11.8 Å². The summed E-state index contributed by atoms with van der Waals surface area (Å²) >= 11 is 1.75.